The van der Waals surface area contributed by atoms with Crippen LogP contribution < -0.4 is 9.04 Å². The van der Waals surface area contributed by atoms with Gasteiger partial charge in [0.2, 0.25) is 0 Å². The van der Waals surface area contributed by atoms with Gasteiger partial charge in [0.25, 0.3) is 0 Å². The van der Waals surface area contributed by atoms with Crippen LogP contribution in [0.2, 0.25) is 0 Å². The van der Waals surface area contributed by atoms with E-state index < -0.39 is 10.2 Å². The Labute approximate surface area is 178 Å². The molecule has 9 heteroatoms. The zero-order chi connectivity index (χ0) is 21.2. The first-order valence-electron chi connectivity index (χ1n) is 10.2. The minimum absolute atomic E-state index is 0.473. The van der Waals surface area contributed by atoms with E-state index in [1.54, 1.807) is 35.0 Å². The number of benzene rings is 1. The summed E-state index contributed by atoms with van der Waals surface area (Å²) in [4.78, 5) is 8.89. The lowest BCUT2D eigenvalue weighted by Crippen LogP contribution is -2.33. The Morgan fingerprint density at radius 2 is 1.83 bits per heavy atom. The van der Waals surface area contributed by atoms with Gasteiger partial charge in [-0.15, -0.1) is 0 Å². The van der Waals surface area contributed by atoms with E-state index in [1.165, 1.54) is 4.31 Å². The highest BCUT2D eigenvalue weighted by molar-refractivity contribution is 7.90. The Bertz CT molecular complexity index is 904. The predicted octanol–water partition coefficient (Wildman–Crippen LogP) is 3.07. The van der Waals surface area contributed by atoms with Crippen LogP contribution in [0, 0.1) is 0 Å². The second-order valence-electron chi connectivity index (χ2n) is 6.81. The summed E-state index contributed by atoms with van der Waals surface area (Å²) in [7, 11) is -3.44. The van der Waals surface area contributed by atoms with Crippen molar-refractivity contribution in [1.82, 2.24) is 9.29 Å². The van der Waals surface area contributed by atoms with E-state index in [2.05, 4.69) is 10.1 Å². The number of hydrogen-bond acceptors (Lipinski definition) is 6. The van der Waals surface area contributed by atoms with Gasteiger partial charge in [0.05, 0.1) is 18.5 Å². The van der Waals surface area contributed by atoms with E-state index in [-0.39, 0.29) is 0 Å². The van der Waals surface area contributed by atoms with Crippen molar-refractivity contribution in [1.29, 1.82) is 0 Å². The van der Waals surface area contributed by atoms with Gasteiger partial charge in [0, 0.05) is 32.0 Å². The molecular formula is C21H28N4O4S. The number of unbranched alkanes of at least 4 members (excludes halogenated alkanes) is 2. The van der Waals surface area contributed by atoms with Gasteiger partial charge in [0.1, 0.15) is 12.4 Å². The number of aromatic nitrogens is 1. The van der Waals surface area contributed by atoms with Gasteiger partial charge >= 0.3 is 10.2 Å². The molecule has 0 atom stereocenters. The molecule has 0 radical (unpaired) electrons. The molecule has 0 saturated carbocycles. The lowest BCUT2D eigenvalue weighted by molar-refractivity contribution is 0.160. The number of rotatable bonds is 11. The molecule has 1 aromatic heterocycles. The van der Waals surface area contributed by atoms with E-state index in [0.717, 1.165) is 30.6 Å². The summed E-state index contributed by atoms with van der Waals surface area (Å²) in [6.07, 6.45) is 7.45. The fraction of sp³-hybridized carbons (Fsp3) is 0.429. The van der Waals surface area contributed by atoms with Gasteiger partial charge in [-0.3, -0.25) is 9.29 Å². The maximum atomic E-state index is 12.7. The molecular weight excluding hydrogens is 404 g/mol. The molecule has 2 heterocycles. The van der Waals surface area contributed by atoms with E-state index in [4.69, 9.17) is 9.57 Å². The molecule has 1 fully saturated rings. The molecule has 0 spiro atoms. The number of hydrogen-bond donors (Lipinski definition) is 0. The molecule has 2 aromatic rings. The summed E-state index contributed by atoms with van der Waals surface area (Å²) >= 11 is 0. The SMILES string of the molecule is CCO/N=C/c1ccc(OCCCCCN2CCN(c3ccncc3)S2(=O)=O)cc1. The smallest absolute Gasteiger partial charge is 0.304 e. The van der Waals surface area contributed by atoms with Crippen LogP contribution in [0.3, 0.4) is 0 Å². The highest BCUT2D eigenvalue weighted by atomic mass is 32.2. The van der Waals surface area contributed by atoms with Crippen molar-refractivity contribution in [3.63, 3.8) is 0 Å². The number of nitrogens with zero attached hydrogens (tertiary/aromatic N) is 4. The van der Waals surface area contributed by atoms with E-state index in [9.17, 15) is 8.42 Å². The maximum Gasteiger partial charge on any atom is 0.304 e. The molecule has 162 valence electrons. The van der Waals surface area contributed by atoms with Crippen LogP contribution in [0.15, 0.2) is 53.9 Å². The fourth-order valence-corrected chi connectivity index (χ4v) is 4.80. The molecule has 0 N–H and O–H groups in total. The number of ether oxygens (including phenoxy) is 1. The Morgan fingerprint density at radius 3 is 2.57 bits per heavy atom. The average Bonchev–Trinajstić information content (AvgIpc) is 3.06. The van der Waals surface area contributed by atoms with Crippen molar-refractivity contribution in [3.8, 4) is 5.75 Å². The van der Waals surface area contributed by atoms with Crippen LogP contribution in [-0.2, 0) is 15.0 Å². The number of pyridine rings is 1. The highest BCUT2D eigenvalue weighted by Gasteiger charge is 2.36. The molecule has 1 aliphatic rings. The summed E-state index contributed by atoms with van der Waals surface area (Å²) in [5.74, 6) is 0.804. The van der Waals surface area contributed by atoms with Crippen LogP contribution in [0.25, 0.3) is 0 Å². The lowest BCUT2D eigenvalue weighted by atomic mass is 10.2. The highest BCUT2D eigenvalue weighted by Crippen LogP contribution is 2.24. The molecule has 0 bridgehead atoms. The first kappa shape index (κ1) is 22.0. The van der Waals surface area contributed by atoms with Crippen LogP contribution in [0.4, 0.5) is 5.69 Å². The minimum atomic E-state index is -3.44. The first-order chi connectivity index (χ1) is 14.6. The number of oxime groups is 1. The van der Waals surface area contributed by atoms with Crippen molar-refractivity contribution in [3.05, 3.63) is 54.4 Å². The molecule has 3 rings (SSSR count). The molecule has 30 heavy (non-hydrogen) atoms. The standard InChI is InChI=1S/C21H28N4O4S/c1-2-29-23-18-19-6-8-21(9-7-19)28-17-5-3-4-14-24-15-16-25(30(24,26)27)20-10-12-22-13-11-20/h6-13,18H,2-5,14-17H2,1H3/b23-18+. The van der Waals surface area contributed by atoms with Crippen LogP contribution in [-0.4, -0.2) is 56.8 Å². The summed E-state index contributed by atoms with van der Waals surface area (Å²) in [6, 6.07) is 11.1. The first-order valence-corrected chi connectivity index (χ1v) is 11.6. The number of anilines is 1. The van der Waals surface area contributed by atoms with Gasteiger partial charge in [-0.1, -0.05) is 5.16 Å². The van der Waals surface area contributed by atoms with Gasteiger partial charge in [-0.05, 0) is 68.1 Å². The van der Waals surface area contributed by atoms with Crippen LogP contribution in [0.1, 0.15) is 31.7 Å². The molecule has 0 unspecified atom stereocenters. The molecule has 8 nitrogen and oxygen atoms in total. The lowest BCUT2D eigenvalue weighted by Gasteiger charge is -2.19. The Hall–Kier alpha value is -2.65. The molecule has 0 aliphatic carbocycles. The minimum Gasteiger partial charge on any atom is -0.494 e. The van der Waals surface area contributed by atoms with E-state index in [1.807, 2.05) is 31.2 Å². The Balaban J connectivity index is 1.35. The van der Waals surface area contributed by atoms with Crippen molar-refractivity contribution < 1.29 is 18.0 Å². The fourth-order valence-electron chi connectivity index (χ4n) is 3.15. The van der Waals surface area contributed by atoms with Gasteiger partial charge < -0.3 is 9.57 Å². The van der Waals surface area contributed by atoms with E-state index >= 15 is 0 Å². The predicted molar refractivity (Wildman–Crippen MR) is 117 cm³/mol. The third-order valence-electron chi connectivity index (χ3n) is 4.71. The van der Waals surface area contributed by atoms with Gasteiger partial charge in [-0.25, -0.2) is 0 Å². The largest absolute Gasteiger partial charge is 0.494 e. The van der Waals surface area contributed by atoms with Gasteiger partial charge in [0.15, 0.2) is 0 Å². The third kappa shape index (κ3) is 5.93. The quantitative estimate of drug-likeness (QED) is 0.310. The second kappa shape index (κ2) is 10.9. The second-order valence-corrected chi connectivity index (χ2v) is 8.67. The summed E-state index contributed by atoms with van der Waals surface area (Å²) in [5, 5.41) is 3.83. The summed E-state index contributed by atoms with van der Waals surface area (Å²) in [5.41, 5.74) is 1.61. The van der Waals surface area contributed by atoms with Crippen LogP contribution >= 0.6 is 0 Å². The van der Waals surface area contributed by atoms with E-state index in [0.29, 0.717) is 38.5 Å². The zero-order valence-corrected chi connectivity index (χ0v) is 18.0. The topological polar surface area (TPSA) is 84.3 Å². The average molecular weight is 433 g/mol. The zero-order valence-electron chi connectivity index (χ0n) is 17.2. The van der Waals surface area contributed by atoms with Crippen molar-refractivity contribution in [2.45, 2.75) is 26.2 Å². The third-order valence-corrected chi connectivity index (χ3v) is 6.68. The summed E-state index contributed by atoms with van der Waals surface area (Å²) in [6.45, 7) is 4.54. The molecule has 1 aliphatic heterocycles. The Kier molecular flexibility index (Phi) is 8.04. The molecule has 1 saturated heterocycles. The van der Waals surface area contributed by atoms with Gasteiger partial charge in [-0.2, -0.15) is 12.7 Å². The maximum absolute atomic E-state index is 12.7. The van der Waals surface area contributed by atoms with Crippen molar-refractivity contribution in [2.24, 2.45) is 5.16 Å². The monoisotopic (exact) mass is 432 g/mol. The van der Waals surface area contributed by atoms with Crippen LogP contribution in [0.5, 0.6) is 5.75 Å². The molecule has 1 aromatic carbocycles. The van der Waals surface area contributed by atoms with Crippen molar-refractivity contribution >= 4 is 22.1 Å². The normalized spacial score (nSPS) is 16.2. The van der Waals surface area contributed by atoms with Crippen molar-refractivity contribution in [2.75, 3.05) is 37.2 Å². The Morgan fingerprint density at radius 1 is 1.07 bits per heavy atom. The summed E-state index contributed by atoms with van der Waals surface area (Å²) < 4.78 is 34.1. The molecule has 0 amide bonds.